The molecule has 0 radical (unpaired) electrons. The molecule has 0 aromatic heterocycles. The van der Waals surface area contributed by atoms with Crippen LogP contribution in [0.25, 0.3) is 4.91 Å². The van der Waals surface area contributed by atoms with E-state index in [2.05, 4.69) is 0 Å². The molecule has 0 bridgehead atoms. The van der Waals surface area contributed by atoms with Crippen LogP contribution in [0.3, 0.4) is 0 Å². The first kappa shape index (κ1) is 21.2. The van der Waals surface area contributed by atoms with Gasteiger partial charge in [0.1, 0.15) is 17.2 Å². The van der Waals surface area contributed by atoms with E-state index in [0.717, 1.165) is 0 Å². The highest BCUT2D eigenvalue weighted by molar-refractivity contribution is 8.09. The normalized spacial score (nSPS) is 14.8. The second-order valence-electron chi connectivity index (χ2n) is 6.79. The van der Waals surface area contributed by atoms with Crippen molar-refractivity contribution in [2.24, 2.45) is 0 Å². The van der Waals surface area contributed by atoms with Gasteiger partial charge in [-0.1, -0.05) is 54.6 Å². The fraction of sp³-hybridized carbons (Fsp3) is 0.167. The van der Waals surface area contributed by atoms with Crippen molar-refractivity contribution in [1.29, 1.82) is 0 Å². The summed E-state index contributed by atoms with van der Waals surface area (Å²) < 4.78 is 58.2. The van der Waals surface area contributed by atoms with Crippen molar-refractivity contribution < 1.29 is 27.4 Å². The van der Waals surface area contributed by atoms with Gasteiger partial charge >= 0.3 is 5.51 Å². The molecule has 7 heteroatoms. The molecular weight excluding hydrogens is 425 g/mol. The van der Waals surface area contributed by atoms with Crippen LogP contribution in [0.15, 0.2) is 78.9 Å². The van der Waals surface area contributed by atoms with Gasteiger partial charge in [0.05, 0.1) is 14.2 Å². The first-order chi connectivity index (χ1) is 14.9. The highest BCUT2D eigenvalue weighted by atomic mass is 32.2. The van der Waals surface area contributed by atoms with E-state index in [1.54, 1.807) is 72.8 Å². The zero-order valence-electron chi connectivity index (χ0n) is 16.8. The fourth-order valence-electron chi connectivity index (χ4n) is 3.75. The van der Waals surface area contributed by atoms with Crippen molar-refractivity contribution in [3.05, 3.63) is 95.6 Å². The summed E-state index contributed by atoms with van der Waals surface area (Å²) in [5.74, 6) is 1.31. The maximum Gasteiger partial charge on any atom is 0.446 e. The summed E-state index contributed by atoms with van der Waals surface area (Å²) in [6.07, 6.45) is 1.50. The molecule has 3 aromatic rings. The molecule has 0 unspecified atom stereocenters. The van der Waals surface area contributed by atoms with Gasteiger partial charge < -0.3 is 14.2 Å². The topological polar surface area (TPSA) is 27.7 Å². The van der Waals surface area contributed by atoms with Crippen molar-refractivity contribution in [2.75, 3.05) is 14.2 Å². The van der Waals surface area contributed by atoms with Crippen LogP contribution in [-0.2, 0) is 5.60 Å². The Labute approximate surface area is 182 Å². The van der Waals surface area contributed by atoms with Crippen LogP contribution in [0.4, 0.5) is 13.2 Å². The summed E-state index contributed by atoms with van der Waals surface area (Å²) in [6, 6.07) is 21.0. The molecule has 0 amide bonds. The zero-order valence-corrected chi connectivity index (χ0v) is 17.6. The molecule has 1 aliphatic rings. The Morgan fingerprint density at radius 2 is 1.29 bits per heavy atom. The van der Waals surface area contributed by atoms with Crippen LogP contribution in [0.1, 0.15) is 16.7 Å². The summed E-state index contributed by atoms with van der Waals surface area (Å²) in [4.78, 5) is 0.0474. The predicted octanol–water partition coefficient (Wildman–Crippen LogP) is 6.63. The second-order valence-corrected chi connectivity index (χ2v) is 7.90. The van der Waals surface area contributed by atoms with E-state index >= 15 is 0 Å². The average molecular weight is 444 g/mol. The van der Waals surface area contributed by atoms with Crippen LogP contribution in [0.2, 0.25) is 0 Å². The van der Waals surface area contributed by atoms with Gasteiger partial charge in [0, 0.05) is 21.6 Å². The number of fused-ring (bicyclic) bond motifs is 1. The molecule has 1 heterocycles. The van der Waals surface area contributed by atoms with Crippen molar-refractivity contribution >= 4 is 16.7 Å². The smallest absolute Gasteiger partial charge is 0.446 e. The lowest BCUT2D eigenvalue weighted by Crippen LogP contribution is -2.36. The summed E-state index contributed by atoms with van der Waals surface area (Å²) in [6.45, 7) is 0. The first-order valence-electron chi connectivity index (χ1n) is 9.42. The van der Waals surface area contributed by atoms with Crippen LogP contribution >= 0.6 is 11.8 Å². The minimum Gasteiger partial charge on any atom is -0.496 e. The summed E-state index contributed by atoms with van der Waals surface area (Å²) in [5.41, 5.74) is -4.36. The molecule has 0 N–H and O–H groups in total. The highest BCUT2D eigenvalue weighted by Gasteiger charge is 2.45. The van der Waals surface area contributed by atoms with E-state index in [4.69, 9.17) is 14.2 Å². The molecule has 160 valence electrons. The number of hydrogen-bond donors (Lipinski definition) is 0. The van der Waals surface area contributed by atoms with Gasteiger partial charge in [-0.3, -0.25) is 0 Å². The van der Waals surface area contributed by atoms with Gasteiger partial charge in [-0.05, 0) is 36.0 Å². The van der Waals surface area contributed by atoms with E-state index in [1.165, 1.54) is 20.3 Å². The first-order valence-corrected chi connectivity index (χ1v) is 10.2. The maximum absolute atomic E-state index is 13.5. The number of hydrogen-bond acceptors (Lipinski definition) is 4. The molecule has 0 fully saturated rings. The van der Waals surface area contributed by atoms with Gasteiger partial charge in [-0.15, -0.1) is 0 Å². The third kappa shape index (κ3) is 3.97. The number of halogens is 3. The molecule has 0 saturated heterocycles. The number of rotatable bonds is 5. The number of alkyl halides is 3. The molecule has 1 aliphatic heterocycles. The van der Waals surface area contributed by atoms with Crippen LogP contribution in [-0.4, -0.2) is 19.7 Å². The highest BCUT2D eigenvalue weighted by Crippen LogP contribution is 2.54. The maximum atomic E-state index is 13.5. The van der Waals surface area contributed by atoms with Gasteiger partial charge in [-0.2, -0.15) is 13.2 Å². The minimum atomic E-state index is -4.47. The van der Waals surface area contributed by atoms with Crippen molar-refractivity contribution in [3.8, 4) is 17.2 Å². The SMILES string of the molecule is COc1ccccc1C1(c2ccccc2OC)C=C(SC(F)(F)F)c2ccccc2O1. The molecule has 0 spiro atoms. The Balaban J connectivity index is 2.07. The molecule has 4 rings (SSSR count). The lowest BCUT2D eigenvalue weighted by molar-refractivity contribution is -0.0318. The van der Waals surface area contributed by atoms with Crippen molar-refractivity contribution in [2.45, 2.75) is 11.1 Å². The Morgan fingerprint density at radius 3 is 1.84 bits per heavy atom. The third-order valence-corrected chi connectivity index (χ3v) is 5.79. The molecule has 3 aromatic carbocycles. The van der Waals surface area contributed by atoms with E-state index in [1.807, 2.05) is 0 Å². The summed E-state index contributed by atoms with van der Waals surface area (Å²) in [7, 11) is 3.03. The predicted molar refractivity (Wildman–Crippen MR) is 115 cm³/mol. The number of thioether (sulfide) groups is 1. The van der Waals surface area contributed by atoms with Gasteiger partial charge in [0.2, 0.25) is 0 Å². The number of para-hydroxylation sites is 3. The quantitative estimate of drug-likeness (QED) is 0.441. The number of ether oxygens (including phenoxy) is 3. The number of methoxy groups -OCH3 is 2. The van der Waals surface area contributed by atoms with Crippen molar-refractivity contribution in [3.63, 3.8) is 0 Å². The Morgan fingerprint density at radius 1 is 0.774 bits per heavy atom. The molecule has 31 heavy (non-hydrogen) atoms. The van der Waals surface area contributed by atoms with E-state index < -0.39 is 11.1 Å². The van der Waals surface area contributed by atoms with E-state index in [9.17, 15) is 13.2 Å². The largest absolute Gasteiger partial charge is 0.496 e. The molecule has 0 aliphatic carbocycles. The Kier molecular flexibility index (Phi) is 5.62. The van der Waals surface area contributed by atoms with Crippen molar-refractivity contribution in [1.82, 2.24) is 0 Å². The minimum absolute atomic E-state index is 0.0474. The lowest BCUT2D eigenvalue weighted by Gasteiger charge is -2.39. The van der Waals surface area contributed by atoms with Crippen LogP contribution < -0.4 is 14.2 Å². The Hall–Kier alpha value is -3.06. The van der Waals surface area contributed by atoms with E-state index in [-0.39, 0.29) is 16.7 Å². The summed E-state index contributed by atoms with van der Waals surface area (Å²) in [5, 5.41) is 0. The van der Waals surface area contributed by atoms with E-state index in [0.29, 0.717) is 33.9 Å². The standard InChI is InChI=1S/C24H19F3O3S/c1-28-20-13-7-4-10-17(20)23(18-11-5-8-14-21(18)29-2)15-22(31-24(25,26)27)16-9-3-6-12-19(16)30-23/h3-15H,1-2H3. The zero-order chi connectivity index (χ0) is 22.1. The molecule has 0 saturated carbocycles. The molecule has 0 atom stereocenters. The Bertz CT molecular complexity index is 1080. The average Bonchev–Trinajstić information content (AvgIpc) is 2.77. The number of benzene rings is 3. The molecule has 3 nitrogen and oxygen atoms in total. The van der Waals surface area contributed by atoms with Gasteiger partial charge in [0.25, 0.3) is 0 Å². The van der Waals surface area contributed by atoms with Gasteiger partial charge in [-0.25, -0.2) is 0 Å². The second kappa shape index (κ2) is 8.23. The van der Waals surface area contributed by atoms with Crippen LogP contribution in [0, 0.1) is 0 Å². The molecular formula is C24H19F3O3S. The lowest BCUT2D eigenvalue weighted by atomic mass is 9.82. The summed E-state index contributed by atoms with van der Waals surface area (Å²) >= 11 is -0.162. The van der Waals surface area contributed by atoms with Crippen LogP contribution in [0.5, 0.6) is 17.2 Å². The van der Waals surface area contributed by atoms with Gasteiger partial charge in [0.15, 0.2) is 5.60 Å². The third-order valence-electron chi connectivity index (χ3n) is 5.00. The fourth-order valence-corrected chi connectivity index (χ4v) is 4.50. The monoisotopic (exact) mass is 444 g/mol.